The van der Waals surface area contributed by atoms with Gasteiger partial charge in [0, 0.05) is 25.7 Å². The van der Waals surface area contributed by atoms with E-state index in [1.165, 1.54) is 22.5 Å². The van der Waals surface area contributed by atoms with Crippen molar-refractivity contribution in [2.45, 2.75) is 37.5 Å². The van der Waals surface area contributed by atoms with Gasteiger partial charge < -0.3 is 4.52 Å². The van der Waals surface area contributed by atoms with Crippen molar-refractivity contribution >= 4 is 10.0 Å². The molecule has 9 heteroatoms. The third kappa shape index (κ3) is 4.41. The fourth-order valence-electron chi connectivity index (χ4n) is 3.69. The van der Waals surface area contributed by atoms with Crippen LogP contribution in [0.2, 0.25) is 0 Å². The molecule has 0 N–H and O–H groups in total. The molecule has 1 aliphatic heterocycles. The highest BCUT2D eigenvalue weighted by Crippen LogP contribution is 2.27. The van der Waals surface area contributed by atoms with Crippen LogP contribution in [0, 0.1) is 18.7 Å². The minimum absolute atomic E-state index is 0.139. The summed E-state index contributed by atoms with van der Waals surface area (Å²) in [5.74, 6) is 0.762. The van der Waals surface area contributed by atoms with Gasteiger partial charge in [0.2, 0.25) is 10.0 Å². The van der Waals surface area contributed by atoms with Crippen LogP contribution in [0.1, 0.15) is 30.7 Å². The Labute approximate surface area is 175 Å². The van der Waals surface area contributed by atoms with Gasteiger partial charge in [-0.25, -0.2) is 12.8 Å². The van der Waals surface area contributed by atoms with Crippen LogP contribution in [-0.4, -0.2) is 40.9 Å². The molecule has 1 aliphatic rings. The van der Waals surface area contributed by atoms with Gasteiger partial charge in [-0.1, -0.05) is 11.2 Å². The standard InChI is InChI=1S/C21H23FN4O3S/c1-15-13-17(8-9-18(15)22)30(27,28)26-12-4-5-16(14-26)7-10-20-24-21(29-25-20)19-6-2-3-11-23-19/h2-3,6,8-9,11,13,16H,4-5,7,10,12,14H2,1H3. The summed E-state index contributed by atoms with van der Waals surface area (Å²) in [6.07, 6.45) is 4.76. The molecule has 1 aromatic carbocycles. The second-order valence-corrected chi connectivity index (χ2v) is 9.49. The number of halogens is 1. The maximum absolute atomic E-state index is 13.5. The van der Waals surface area contributed by atoms with E-state index < -0.39 is 15.8 Å². The molecule has 158 valence electrons. The first-order valence-electron chi connectivity index (χ1n) is 9.94. The summed E-state index contributed by atoms with van der Waals surface area (Å²) in [7, 11) is -3.64. The summed E-state index contributed by atoms with van der Waals surface area (Å²) in [5, 5.41) is 4.02. The zero-order chi connectivity index (χ0) is 21.1. The van der Waals surface area contributed by atoms with Gasteiger partial charge >= 0.3 is 0 Å². The average molecular weight is 431 g/mol. The molecule has 0 bridgehead atoms. The highest BCUT2D eigenvalue weighted by molar-refractivity contribution is 7.89. The van der Waals surface area contributed by atoms with Crippen LogP contribution in [0.5, 0.6) is 0 Å². The Kier molecular flexibility index (Phi) is 5.92. The molecule has 0 amide bonds. The Morgan fingerprint density at radius 2 is 2.13 bits per heavy atom. The van der Waals surface area contributed by atoms with Gasteiger partial charge in [-0.05, 0) is 68.0 Å². The molecular formula is C21H23FN4O3S. The van der Waals surface area contributed by atoms with Crippen molar-refractivity contribution in [2.24, 2.45) is 5.92 Å². The number of sulfonamides is 1. The number of benzene rings is 1. The Hall–Kier alpha value is -2.65. The van der Waals surface area contributed by atoms with Crippen molar-refractivity contribution in [3.8, 4) is 11.6 Å². The lowest BCUT2D eigenvalue weighted by atomic mass is 9.94. The van der Waals surface area contributed by atoms with E-state index in [9.17, 15) is 12.8 Å². The monoisotopic (exact) mass is 430 g/mol. The number of aryl methyl sites for hydroxylation is 2. The predicted octanol–water partition coefficient (Wildman–Crippen LogP) is 3.61. The number of rotatable bonds is 6. The Morgan fingerprint density at radius 3 is 2.90 bits per heavy atom. The van der Waals surface area contributed by atoms with Gasteiger partial charge in [0.15, 0.2) is 5.82 Å². The van der Waals surface area contributed by atoms with E-state index >= 15 is 0 Å². The molecule has 1 atom stereocenters. The molecule has 0 saturated carbocycles. The quantitative estimate of drug-likeness (QED) is 0.594. The topological polar surface area (TPSA) is 89.2 Å². The van der Waals surface area contributed by atoms with Crippen LogP contribution in [0.25, 0.3) is 11.6 Å². The van der Waals surface area contributed by atoms with Crippen LogP contribution >= 0.6 is 0 Å². The van der Waals surface area contributed by atoms with Crippen molar-refractivity contribution in [3.63, 3.8) is 0 Å². The Balaban J connectivity index is 1.39. The first kappa shape index (κ1) is 20.6. The van der Waals surface area contributed by atoms with Crippen LogP contribution in [0.4, 0.5) is 4.39 Å². The molecule has 4 rings (SSSR count). The number of nitrogens with zero attached hydrogens (tertiary/aromatic N) is 4. The first-order chi connectivity index (χ1) is 14.4. The second kappa shape index (κ2) is 8.61. The lowest BCUT2D eigenvalue weighted by molar-refractivity contribution is 0.254. The van der Waals surface area contributed by atoms with Crippen molar-refractivity contribution < 1.29 is 17.3 Å². The smallest absolute Gasteiger partial charge is 0.276 e. The van der Waals surface area contributed by atoms with Crippen molar-refractivity contribution in [1.29, 1.82) is 0 Å². The average Bonchev–Trinajstić information content (AvgIpc) is 3.24. The fourth-order valence-corrected chi connectivity index (χ4v) is 5.33. The molecule has 1 fully saturated rings. The largest absolute Gasteiger partial charge is 0.332 e. The molecule has 2 aromatic heterocycles. The maximum atomic E-state index is 13.5. The summed E-state index contributed by atoms with van der Waals surface area (Å²) >= 11 is 0. The Morgan fingerprint density at radius 1 is 1.27 bits per heavy atom. The number of hydrogen-bond donors (Lipinski definition) is 0. The van der Waals surface area contributed by atoms with Gasteiger partial charge in [-0.2, -0.15) is 9.29 Å². The molecule has 1 saturated heterocycles. The van der Waals surface area contributed by atoms with Gasteiger partial charge in [-0.15, -0.1) is 0 Å². The lowest BCUT2D eigenvalue weighted by Crippen LogP contribution is -2.40. The fraction of sp³-hybridized carbons (Fsp3) is 0.381. The number of piperidine rings is 1. The van der Waals surface area contributed by atoms with E-state index in [1.807, 2.05) is 12.1 Å². The predicted molar refractivity (Wildman–Crippen MR) is 108 cm³/mol. The number of pyridine rings is 1. The second-order valence-electron chi connectivity index (χ2n) is 7.55. The van der Waals surface area contributed by atoms with Crippen LogP contribution < -0.4 is 0 Å². The van der Waals surface area contributed by atoms with E-state index in [0.717, 1.165) is 19.3 Å². The zero-order valence-corrected chi connectivity index (χ0v) is 17.5. The molecule has 0 radical (unpaired) electrons. The summed E-state index contributed by atoms with van der Waals surface area (Å²) in [5.41, 5.74) is 0.950. The molecule has 30 heavy (non-hydrogen) atoms. The normalized spacial score (nSPS) is 17.9. The summed E-state index contributed by atoms with van der Waals surface area (Å²) in [4.78, 5) is 8.73. The summed E-state index contributed by atoms with van der Waals surface area (Å²) in [6, 6.07) is 9.41. The van der Waals surface area contributed by atoms with Gasteiger partial charge in [-0.3, -0.25) is 4.98 Å². The highest BCUT2D eigenvalue weighted by atomic mass is 32.2. The van der Waals surface area contributed by atoms with Gasteiger partial charge in [0.25, 0.3) is 5.89 Å². The Bertz CT molecular complexity index is 1120. The summed E-state index contributed by atoms with van der Waals surface area (Å²) in [6.45, 7) is 2.47. The zero-order valence-electron chi connectivity index (χ0n) is 16.7. The molecular weight excluding hydrogens is 407 g/mol. The van der Waals surface area contributed by atoms with E-state index in [1.54, 1.807) is 19.2 Å². The number of aromatic nitrogens is 3. The minimum atomic E-state index is -3.64. The molecule has 0 spiro atoms. The van der Waals surface area contributed by atoms with Crippen LogP contribution in [-0.2, 0) is 16.4 Å². The van der Waals surface area contributed by atoms with Crippen molar-refractivity contribution in [2.75, 3.05) is 13.1 Å². The van der Waals surface area contributed by atoms with Crippen LogP contribution in [0.3, 0.4) is 0 Å². The minimum Gasteiger partial charge on any atom is -0.332 e. The maximum Gasteiger partial charge on any atom is 0.276 e. The van der Waals surface area contributed by atoms with E-state index in [4.69, 9.17) is 4.52 Å². The van der Waals surface area contributed by atoms with E-state index in [2.05, 4.69) is 15.1 Å². The summed E-state index contributed by atoms with van der Waals surface area (Å²) < 4.78 is 46.3. The molecule has 3 heterocycles. The lowest BCUT2D eigenvalue weighted by Gasteiger charge is -2.31. The third-order valence-electron chi connectivity index (χ3n) is 5.38. The molecule has 1 unspecified atom stereocenters. The van der Waals surface area contributed by atoms with Crippen LogP contribution in [0.15, 0.2) is 52.0 Å². The molecule has 0 aliphatic carbocycles. The SMILES string of the molecule is Cc1cc(S(=O)(=O)N2CCCC(CCc3noc(-c4ccccn4)n3)C2)ccc1F. The molecule has 7 nitrogen and oxygen atoms in total. The number of hydrogen-bond acceptors (Lipinski definition) is 6. The first-order valence-corrected chi connectivity index (χ1v) is 11.4. The van der Waals surface area contributed by atoms with E-state index in [0.29, 0.717) is 42.5 Å². The van der Waals surface area contributed by atoms with Crippen molar-refractivity contribution in [1.82, 2.24) is 19.4 Å². The van der Waals surface area contributed by atoms with E-state index in [-0.39, 0.29) is 10.8 Å². The highest BCUT2D eigenvalue weighted by Gasteiger charge is 2.30. The van der Waals surface area contributed by atoms with Crippen molar-refractivity contribution in [3.05, 3.63) is 59.8 Å². The third-order valence-corrected chi connectivity index (χ3v) is 7.24. The van der Waals surface area contributed by atoms with Gasteiger partial charge in [0.1, 0.15) is 11.5 Å². The van der Waals surface area contributed by atoms with Gasteiger partial charge in [0.05, 0.1) is 4.90 Å². The molecule has 3 aromatic rings.